The Balaban J connectivity index is 1.58. The fraction of sp³-hybridized carbons (Fsp3) is 0.214. The van der Waals surface area contributed by atoms with Crippen LogP contribution in [0.4, 0.5) is 5.69 Å². The van der Waals surface area contributed by atoms with Crippen molar-refractivity contribution < 1.29 is 23.7 Å². The van der Waals surface area contributed by atoms with Gasteiger partial charge in [-0.25, -0.2) is 4.90 Å². The molecule has 4 rings (SSSR count). The molecule has 7 nitrogen and oxygen atoms in total. The number of ether oxygens (including phenoxy) is 4. The maximum absolute atomic E-state index is 13.3. The van der Waals surface area contributed by atoms with E-state index >= 15 is 0 Å². The SMILES string of the molecule is CCOc1ccccc1OCc1cc(/C=C2/NC(=S)N(c3ccccc3OCC)C2=O)ccc1OC. The Morgan fingerprint density at radius 2 is 1.50 bits per heavy atom. The van der Waals surface area contributed by atoms with E-state index in [1.54, 1.807) is 13.2 Å². The minimum atomic E-state index is -0.258. The largest absolute Gasteiger partial charge is 0.496 e. The van der Waals surface area contributed by atoms with Crippen molar-refractivity contribution in [3.63, 3.8) is 0 Å². The highest BCUT2D eigenvalue weighted by Crippen LogP contribution is 2.32. The second-order valence-electron chi connectivity index (χ2n) is 7.77. The first-order valence-corrected chi connectivity index (χ1v) is 12.1. The fourth-order valence-electron chi connectivity index (χ4n) is 3.84. The highest BCUT2D eigenvalue weighted by Gasteiger charge is 2.33. The van der Waals surface area contributed by atoms with E-state index in [9.17, 15) is 4.79 Å². The second-order valence-corrected chi connectivity index (χ2v) is 8.16. The Labute approximate surface area is 216 Å². The van der Waals surface area contributed by atoms with Crippen LogP contribution in [0.5, 0.6) is 23.0 Å². The third-order valence-corrected chi connectivity index (χ3v) is 5.72. The summed E-state index contributed by atoms with van der Waals surface area (Å²) in [5.74, 6) is 2.34. The van der Waals surface area contributed by atoms with Gasteiger partial charge in [0.05, 0.1) is 26.0 Å². The number of para-hydroxylation sites is 4. The van der Waals surface area contributed by atoms with Gasteiger partial charge in [-0.3, -0.25) is 4.79 Å². The number of carbonyl (C=O) groups excluding carboxylic acids is 1. The monoisotopic (exact) mass is 504 g/mol. The first kappa shape index (κ1) is 25.1. The van der Waals surface area contributed by atoms with E-state index in [1.807, 2.05) is 80.6 Å². The van der Waals surface area contributed by atoms with Crippen LogP contribution in [0.1, 0.15) is 25.0 Å². The molecule has 0 saturated carbocycles. The number of thiocarbonyl (C=S) groups is 1. The zero-order valence-electron chi connectivity index (χ0n) is 20.4. The summed E-state index contributed by atoms with van der Waals surface area (Å²) in [6, 6.07) is 20.5. The van der Waals surface area contributed by atoms with Gasteiger partial charge in [0.15, 0.2) is 16.6 Å². The smallest absolute Gasteiger partial charge is 0.281 e. The molecule has 1 aliphatic rings. The molecule has 1 N–H and O–H groups in total. The van der Waals surface area contributed by atoms with Crippen molar-refractivity contribution in [2.75, 3.05) is 25.2 Å². The molecule has 0 aliphatic carbocycles. The van der Waals surface area contributed by atoms with Crippen LogP contribution in [-0.4, -0.2) is 31.3 Å². The van der Waals surface area contributed by atoms with Crippen molar-refractivity contribution in [2.45, 2.75) is 20.5 Å². The van der Waals surface area contributed by atoms with Gasteiger partial charge in [0.2, 0.25) is 0 Å². The van der Waals surface area contributed by atoms with Crippen molar-refractivity contribution >= 4 is 35.0 Å². The molecule has 0 spiro atoms. The van der Waals surface area contributed by atoms with E-state index < -0.39 is 0 Å². The number of nitrogens with one attached hydrogen (secondary N) is 1. The van der Waals surface area contributed by atoms with Crippen molar-refractivity contribution in [2.24, 2.45) is 0 Å². The van der Waals surface area contributed by atoms with Crippen LogP contribution in [0, 0.1) is 0 Å². The minimum absolute atomic E-state index is 0.258. The predicted molar refractivity (Wildman–Crippen MR) is 144 cm³/mol. The average Bonchev–Trinajstić information content (AvgIpc) is 3.16. The number of rotatable bonds is 10. The average molecular weight is 505 g/mol. The molecule has 1 heterocycles. The number of benzene rings is 3. The van der Waals surface area contributed by atoms with Crippen molar-refractivity contribution in [3.05, 3.63) is 83.6 Å². The zero-order chi connectivity index (χ0) is 25.5. The molecule has 0 aromatic heterocycles. The number of hydrogen-bond donors (Lipinski definition) is 1. The molecular formula is C28H28N2O5S. The highest BCUT2D eigenvalue weighted by molar-refractivity contribution is 7.80. The molecule has 36 heavy (non-hydrogen) atoms. The number of carbonyl (C=O) groups is 1. The van der Waals surface area contributed by atoms with Gasteiger partial charge in [0.1, 0.15) is 23.8 Å². The van der Waals surface area contributed by atoms with Crippen molar-refractivity contribution in [3.8, 4) is 23.0 Å². The Morgan fingerprint density at radius 1 is 0.861 bits per heavy atom. The van der Waals surface area contributed by atoms with E-state index in [0.29, 0.717) is 52.7 Å². The molecule has 0 atom stereocenters. The Morgan fingerprint density at radius 3 is 2.19 bits per heavy atom. The number of amides is 1. The molecule has 1 fully saturated rings. The zero-order valence-corrected chi connectivity index (χ0v) is 21.3. The molecule has 1 aliphatic heterocycles. The Kier molecular flexibility index (Phi) is 8.07. The van der Waals surface area contributed by atoms with Crippen LogP contribution in [-0.2, 0) is 11.4 Å². The summed E-state index contributed by atoms with van der Waals surface area (Å²) < 4.78 is 22.9. The summed E-state index contributed by atoms with van der Waals surface area (Å²) in [6.07, 6.45) is 1.76. The van der Waals surface area contributed by atoms with Crippen molar-refractivity contribution in [1.82, 2.24) is 5.32 Å². The summed E-state index contributed by atoms with van der Waals surface area (Å²) in [6.45, 7) is 5.11. The van der Waals surface area contributed by atoms with Gasteiger partial charge in [-0.1, -0.05) is 30.3 Å². The summed E-state index contributed by atoms with van der Waals surface area (Å²) in [5.41, 5.74) is 2.59. The predicted octanol–water partition coefficient (Wildman–Crippen LogP) is 5.33. The topological polar surface area (TPSA) is 69.3 Å². The first-order valence-electron chi connectivity index (χ1n) is 11.7. The lowest BCUT2D eigenvalue weighted by molar-refractivity contribution is -0.113. The third kappa shape index (κ3) is 5.44. The summed E-state index contributed by atoms with van der Waals surface area (Å²) in [4.78, 5) is 14.7. The standard InChI is InChI=1S/C28H28N2O5S/c1-4-33-24-11-7-6-10-22(24)30-27(31)21(29-28(30)36)17-19-14-15-23(32-3)20(16-19)18-35-26-13-9-8-12-25(26)34-5-2/h6-17H,4-5,18H2,1-3H3,(H,29,36)/b21-17+. The second kappa shape index (κ2) is 11.6. The van der Waals surface area contributed by atoms with E-state index in [1.165, 1.54) is 4.90 Å². The third-order valence-electron chi connectivity index (χ3n) is 5.43. The van der Waals surface area contributed by atoms with Crippen molar-refractivity contribution in [1.29, 1.82) is 0 Å². The Bertz CT molecular complexity index is 1290. The van der Waals surface area contributed by atoms with Gasteiger partial charge in [0.25, 0.3) is 5.91 Å². The van der Waals surface area contributed by atoms with Crippen LogP contribution in [0.2, 0.25) is 0 Å². The molecule has 1 saturated heterocycles. The number of hydrogen-bond acceptors (Lipinski definition) is 6. The molecule has 0 bridgehead atoms. The molecule has 8 heteroatoms. The van der Waals surface area contributed by atoms with Crippen LogP contribution in [0.15, 0.2) is 72.4 Å². The lowest BCUT2D eigenvalue weighted by atomic mass is 10.1. The van der Waals surface area contributed by atoms with Gasteiger partial charge in [-0.15, -0.1) is 0 Å². The van der Waals surface area contributed by atoms with Crippen LogP contribution in [0.25, 0.3) is 6.08 Å². The lowest BCUT2D eigenvalue weighted by Crippen LogP contribution is -2.30. The number of nitrogens with zero attached hydrogens (tertiary/aromatic N) is 1. The fourth-order valence-corrected chi connectivity index (χ4v) is 4.13. The van der Waals surface area contributed by atoms with Gasteiger partial charge >= 0.3 is 0 Å². The number of methoxy groups -OCH3 is 1. The van der Waals surface area contributed by atoms with Gasteiger partial charge in [-0.05, 0) is 74.1 Å². The van der Waals surface area contributed by atoms with Crippen LogP contribution in [0.3, 0.4) is 0 Å². The molecule has 0 unspecified atom stereocenters. The summed E-state index contributed by atoms with van der Waals surface area (Å²) >= 11 is 5.48. The maximum Gasteiger partial charge on any atom is 0.281 e. The molecule has 3 aromatic rings. The first-order chi connectivity index (χ1) is 17.5. The highest BCUT2D eigenvalue weighted by atomic mass is 32.1. The quantitative estimate of drug-likeness (QED) is 0.295. The maximum atomic E-state index is 13.3. The molecule has 186 valence electrons. The van der Waals surface area contributed by atoms with E-state index in [0.717, 1.165) is 11.1 Å². The normalized spacial score (nSPS) is 14.1. The number of anilines is 1. The van der Waals surface area contributed by atoms with Crippen LogP contribution < -0.4 is 29.2 Å². The van der Waals surface area contributed by atoms with E-state index in [2.05, 4.69) is 5.32 Å². The lowest BCUT2D eigenvalue weighted by Gasteiger charge is -2.18. The van der Waals surface area contributed by atoms with Gasteiger partial charge < -0.3 is 24.3 Å². The summed E-state index contributed by atoms with van der Waals surface area (Å²) in [5, 5.41) is 3.33. The van der Waals surface area contributed by atoms with E-state index in [-0.39, 0.29) is 12.5 Å². The minimum Gasteiger partial charge on any atom is -0.496 e. The van der Waals surface area contributed by atoms with Gasteiger partial charge in [-0.2, -0.15) is 0 Å². The molecular weight excluding hydrogens is 476 g/mol. The molecule has 0 radical (unpaired) electrons. The van der Waals surface area contributed by atoms with Gasteiger partial charge in [0, 0.05) is 5.56 Å². The van der Waals surface area contributed by atoms with Crippen LogP contribution >= 0.6 is 12.2 Å². The molecule has 1 amide bonds. The summed E-state index contributed by atoms with van der Waals surface area (Å²) in [7, 11) is 1.61. The molecule has 3 aromatic carbocycles. The van der Waals surface area contributed by atoms with E-state index in [4.69, 9.17) is 31.2 Å². The Hall–Kier alpha value is -4.04.